The quantitative estimate of drug-likeness (QED) is 0.519. The molecule has 5 aliphatic rings. The first-order valence-electron chi connectivity index (χ1n) is 11.1. The predicted octanol–water partition coefficient (Wildman–Crippen LogP) is 4.31. The van der Waals surface area contributed by atoms with E-state index in [2.05, 4.69) is 12.2 Å². The molecule has 1 saturated heterocycles. The molecular weight excluding hydrogens is 424 g/mol. The Kier molecular flexibility index (Phi) is 4.34. The molecule has 5 nitrogen and oxygen atoms in total. The lowest BCUT2D eigenvalue weighted by Crippen LogP contribution is -2.45. The SMILES string of the molecule is Cc1ccc(N(CN2C(=O)[C@@H]3[C@@H]4C=C[C@H]([C@@H]5C[C@H]45)[C@@H]3C2=O)C(=O)c2ccccc2)cc1Cl. The van der Waals surface area contributed by atoms with Crippen molar-refractivity contribution in [1.82, 2.24) is 4.90 Å². The lowest BCUT2D eigenvalue weighted by molar-refractivity contribution is -0.140. The summed E-state index contributed by atoms with van der Waals surface area (Å²) in [6.45, 7) is 1.79. The van der Waals surface area contributed by atoms with Gasteiger partial charge in [0.15, 0.2) is 0 Å². The second-order valence-corrected chi connectivity index (χ2v) is 9.84. The molecule has 2 bridgehead atoms. The summed E-state index contributed by atoms with van der Waals surface area (Å²) in [5, 5.41) is 0.531. The second-order valence-electron chi connectivity index (χ2n) is 9.43. The van der Waals surface area contributed by atoms with Crippen LogP contribution in [0.3, 0.4) is 0 Å². The monoisotopic (exact) mass is 446 g/mol. The largest absolute Gasteiger partial charge is 0.289 e. The van der Waals surface area contributed by atoms with Gasteiger partial charge in [-0.1, -0.05) is 48.0 Å². The van der Waals surface area contributed by atoms with E-state index in [1.54, 1.807) is 36.4 Å². The molecule has 6 atom stereocenters. The van der Waals surface area contributed by atoms with E-state index in [-0.39, 0.29) is 48.1 Å². The number of carbonyl (C=O) groups is 3. The van der Waals surface area contributed by atoms with Crippen molar-refractivity contribution < 1.29 is 14.4 Å². The van der Waals surface area contributed by atoms with Gasteiger partial charge in [-0.3, -0.25) is 24.2 Å². The first-order valence-corrected chi connectivity index (χ1v) is 11.5. The molecule has 4 aliphatic carbocycles. The summed E-state index contributed by atoms with van der Waals surface area (Å²) in [6, 6.07) is 14.3. The van der Waals surface area contributed by atoms with Crippen molar-refractivity contribution in [3.63, 3.8) is 0 Å². The minimum Gasteiger partial charge on any atom is -0.289 e. The van der Waals surface area contributed by atoms with Crippen molar-refractivity contribution in [2.45, 2.75) is 13.3 Å². The van der Waals surface area contributed by atoms with Gasteiger partial charge in [-0.05, 0) is 66.8 Å². The van der Waals surface area contributed by atoms with Gasteiger partial charge in [-0.25, -0.2) is 0 Å². The predicted molar refractivity (Wildman–Crippen MR) is 121 cm³/mol. The Hall–Kier alpha value is -2.92. The number of amides is 3. The van der Waals surface area contributed by atoms with Crippen molar-refractivity contribution in [2.75, 3.05) is 11.6 Å². The Balaban J connectivity index is 1.35. The Bertz CT molecular complexity index is 1140. The minimum atomic E-state index is -0.281. The number of carbonyl (C=O) groups excluding carboxylic acids is 3. The molecule has 2 aromatic carbocycles. The van der Waals surface area contributed by atoms with Crippen molar-refractivity contribution in [3.05, 3.63) is 76.8 Å². The summed E-state index contributed by atoms with van der Waals surface area (Å²) in [5.41, 5.74) is 1.95. The molecule has 3 amide bonds. The number of halogens is 1. The van der Waals surface area contributed by atoms with Crippen molar-refractivity contribution in [2.24, 2.45) is 35.5 Å². The molecular formula is C26H23ClN2O3. The fourth-order valence-electron chi connectivity index (χ4n) is 6.05. The maximum absolute atomic E-state index is 13.5. The first kappa shape index (κ1) is 19.7. The third-order valence-corrected chi connectivity index (χ3v) is 8.18. The van der Waals surface area contributed by atoms with Gasteiger partial charge in [-0.15, -0.1) is 0 Å². The number of hydrogen-bond donors (Lipinski definition) is 0. The van der Waals surface area contributed by atoms with Crippen LogP contribution >= 0.6 is 11.6 Å². The van der Waals surface area contributed by atoms with Crippen molar-refractivity contribution >= 4 is 35.0 Å². The van der Waals surface area contributed by atoms with E-state index in [0.717, 1.165) is 12.0 Å². The molecule has 32 heavy (non-hydrogen) atoms. The molecule has 3 fully saturated rings. The second kappa shape index (κ2) is 7.04. The number of allylic oxidation sites excluding steroid dienone is 2. The van der Waals surface area contributed by atoms with Crippen molar-refractivity contribution in [1.29, 1.82) is 0 Å². The number of hydrogen-bond acceptors (Lipinski definition) is 3. The Morgan fingerprint density at radius 2 is 1.62 bits per heavy atom. The summed E-state index contributed by atoms with van der Waals surface area (Å²) in [7, 11) is 0. The Morgan fingerprint density at radius 3 is 2.22 bits per heavy atom. The fourth-order valence-corrected chi connectivity index (χ4v) is 6.22. The molecule has 1 aliphatic heterocycles. The van der Waals surface area contributed by atoms with Gasteiger partial charge in [0.2, 0.25) is 11.8 Å². The molecule has 1 heterocycles. The minimum absolute atomic E-state index is 0.105. The van der Waals surface area contributed by atoms with Crippen molar-refractivity contribution in [3.8, 4) is 0 Å². The summed E-state index contributed by atoms with van der Waals surface area (Å²) in [6.07, 6.45) is 5.43. The highest BCUT2D eigenvalue weighted by molar-refractivity contribution is 6.31. The van der Waals surface area contributed by atoms with Gasteiger partial charge in [-0.2, -0.15) is 0 Å². The normalized spacial score (nSPS) is 31.5. The molecule has 0 unspecified atom stereocenters. The third kappa shape index (κ3) is 2.80. The van der Waals surface area contributed by atoms with Crippen LogP contribution in [0.15, 0.2) is 60.7 Å². The van der Waals surface area contributed by atoms with E-state index >= 15 is 0 Å². The Labute approximate surface area is 191 Å². The van der Waals surface area contributed by atoms with E-state index in [9.17, 15) is 14.4 Å². The van der Waals surface area contributed by atoms with Gasteiger partial charge in [0, 0.05) is 16.3 Å². The van der Waals surface area contributed by atoms with Crippen LogP contribution in [0.25, 0.3) is 0 Å². The van der Waals surface area contributed by atoms with Crippen LogP contribution in [0.1, 0.15) is 22.3 Å². The van der Waals surface area contributed by atoms with Gasteiger partial charge >= 0.3 is 0 Å². The maximum Gasteiger partial charge on any atom is 0.259 e. The highest BCUT2D eigenvalue weighted by Gasteiger charge is 2.67. The lowest BCUT2D eigenvalue weighted by atomic mass is 9.63. The molecule has 7 rings (SSSR count). The van der Waals surface area contributed by atoms with E-state index in [0.29, 0.717) is 28.1 Å². The highest BCUT2D eigenvalue weighted by Crippen LogP contribution is 2.65. The lowest BCUT2D eigenvalue weighted by Gasteiger charge is -2.37. The van der Waals surface area contributed by atoms with E-state index in [4.69, 9.17) is 11.6 Å². The summed E-state index contributed by atoms with van der Waals surface area (Å²) >= 11 is 6.36. The first-order chi connectivity index (χ1) is 15.5. The number of anilines is 1. The summed E-state index contributed by atoms with van der Waals surface area (Å²) in [4.78, 5) is 43.2. The zero-order valence-corrected chi connectivity index (χ0v) is 18.4. The van der Waals surface area contributed by atoms with E-state index in [1.165, 1.54) is 9.80 Å². The van der Waals surface area contributed by atoms with Crippen LogP contribution in [0.4, 0.5) is 5.69 Å². The molecule has 0 radical (unpaired) electrons. The van der Waals surface area contributed by atoms with Crippen LogP contribution in [0, 0.1) is 42.4 Å². The number of benzene rings is 2. The standard InChI is InChI=1S/C26H23ClN2O3/c1-14-7-8-16(11-21(14)27)28(24(30)15-5-3-2-4-6-15)13-29-25(31)22-17-9-10-18(20-12-19(17)20)23(22)26(29)32/h2-11,17-20,22-23H,12-13H2,1H3/t17-,18-,19-,20+,22-,23+/m1/s1. The summed E-state index contributed by atoms with van der Waals surface area (Å²) in [5.74, 6) is 0.273. The smallest absolute Gasteiger partial charge is 0.259 e. The van der Waals surface area contributed by atoms with E-state index < -0.39 is 0 Å². The molecule has 0 N–H and O–H groups in total. The molecule has 6 heteroatoms. The zero-order chi connectivity index (χ0) is 22.1. The van der Waals surface area contributed by atoms with Gasteiger partial charge in [0.05, 0.1) is 11.8 Å². The molecule has 0 spiro atoms. The Morgan fingerprint density at radius 1 is 1.00 bits per heavy atom. The molecule has 2 aromatic rings. The van der Waals surface area contributed by atoms with Crippen LogP contribution in [-0.4, -0.2) is 29.3 Å². The van der Waals surface area contributed by atoms with Crippen LogP contribution in [-0.2, 0) is 9.59 Å². The number of rotatable bonds is 4. The van der Waals surface area contributed by atoms with Crippen LogP contribution in [0.2, 0.25) is 5.02 Å². The fraction of sp³-hybridized carbons (Fsp3) is 0.346. The zero-order valence-electron chi connectivity index (χ0n) is 17.6. The van der Waals surface area contributed by atoms with E-state index in [1.807, 2.05) is 19.1 Å². The topological polar surface area (TPSA) is 57.7 Å². The third-order valence-electron chi connectivity index (χ3n) is 7.77. The molecule has 162 valence electrons. The molecule has 2 saturated carbocycles. The summed E-state index contributed by atoms with van der Waals surface area (Å²) < 4.78 is 0. The van der Waals surface area contributed by atoms with Gasteiger partial charge in [0.1, 0.15) is 6.67 Å². The average molecular weight is 447 g/mol. The maximum atomic E-state index is 13.5. The highest BCUT2D eigenvalue weighted by atomic mass is 35.5. The number of aryl methyl sites for hydroxylation is 1. The number of likely N-dealkylation sites (tertiary alicyclic amines) is 1. The van der Waals surface area contributed by atoms with Crippen LogP contribution < -0.4 is 4.90 Å². The van der Waals surface area contributed by atoms with Gasteiger partial charge in [0.25, 0.3) is 5.91 Å². The number of imide groups is 1. The number of nitrogens with zero attached hydrogens (tertiary/aromatic N) is 2. The average Bonchev–Trinajstić information content (AvgIpc) is 3.59. The molecule has 0 aromatic heterocycles. The van der Waals surface area contributed by atoms with Gasteiger partial charge < -0.3 is 0 Å². The van der Waals surface area contributed by atoms with Crippen LogP contribution in [0.5, 0.6) is 0 Å².